The molecule has 2 fully saturated rings. The summed E-state index contributed by atoms with van der Waals surface area (Å²) in [6.45, 7) is 6.16. The third kappa shape index (κ3) is 4.89. The van der Waals surface area contributed by atoms with E-state index in [2.05, 4.69) is 10.6 Å². The van der Waals surface area contributed by atoms with Crippen LogP contribution in [0.15, 0.2) is 24.3 Å². The first kappa shape index (κ1) is 21.1. The molecule has 2 N–H and O–H groups in total. The zero-order valence-electron chi connectivity index (χ0n) is 17.4. The highest BCUT2D eigenvalue weighted by molar-refractivity contribution is 5.98. The van der Waals surface area contributed by atoms with Gasteiger partial charge in [-0.05, 0) is 44.0 Å². The summed E-state index contributed by atoms with van der Waals surface area (Å²) in [7, 11) is 0. The van der Waals surface area contributed by atoms with E-state index in [0.29, 0.717) is 12.3 Å². The summed E-state index contributed by atoms with van der Waals surface area (Å²) in [5.74, 6) is -0.0703. The summed E-state index contributed by atoms with van der Waals surface area (Å²) in [6, 6.07) is 6.29. The van der Waals surface area contributed by atoms with Crippen LogP contribution in [0.3, 0.4) is 0 Å². The number of rotatable bonds is 6. The number of carbonyl (C=O) groups is 3. The molecule has 1 saturated heterocycles. The van der Waals surface area contributed by atoms with Gasteiger partial charge in [0.15, 0.2) is 0 Å². The highest BCUT2D eigenvalue weighted by Gasteiger charge is 2.46. The minimum Gasteiger partial charge on any atom is -0.494 e. The zero-order valence-corrected chi connectivity index (χ0v) is 17.4. The van der Waals surface area contributed by atoms with E-state index in [1.54, 1.807) is 29.2 Å². The fourth-order valence-electron chi connectivity index (χ4n) is 4.24. The third-order valence-corrected chi connectivity index (χ3v) is 5.63. The average molecular weight is 402 g/mol. The molecule has 7 nitrogen and oxygen atoms in total. The van der Waals surface area contributed by atoms with Crippen molar-refractivity contribution in [1.82, 2.24) is 10.2 Å². The third-order valence-electron chi connectivity index (χ3n) is 5.63. The molecule has 3 amide bonds. The monoisotopic (exact) mass is 401 g/mol. The van der Waals surface area contributed by atoms with Crippen LogP contribution in [0, 0.1) is 5.92 Å². The first-order valence-electron chi connectivity index (χ1n) is 10.6. The van der Waals surface area contributed by atoms with Crippen LogP contribution in [-0.2, 0) is 14.4 Å². The Morgan fingerprint density at radius 2 is 1.90 bits per heavy atom. The van der Waals surface area contributed by atoms with Gasteiger partial charge < -0.3 is 20.3 Å². The first-order chi connectivity index (χ1) is 13.9. The highest BCUT2D eigenvalue weighted by Crippen LogP contribution is 2.31. The molecule has 2 aliphatic rings. The predicted molar refractivity (Wildman–Crippen MR) is 111 cm³/mol. The number of amides is 3. The number of hydrogen-bond donors (Lipinski definition) is 2. The lowest BCUT2D eigenvalue weighted by Gasteiger charge is -2.48. The molecule has 0 unspecified atom stereocenters. The van der Waals surface area contributed by atoms with Crippen LogP contribution >= 0.6 is 0 Å². The second-order valence-corrected chi connectivity index (χ2v) is 8.09. The molecule has 29 heavy (non-hydrogen) atoms. The highest BCUT2D eigenvalue weighted by atomic mass is 16.5. The summed E-state index contributed by atoms with van der Waals surface area (Å²) in [5.41, 5.74) is 0.631. The van der Waals surface area contributed by atoms with Crippen LogP contribution in [0.1, 0.15) is 52.9 Å². The van der Waals surface area contributed by atoms with Crippen molar-refractivity contribution in [3.63, 3.8) is 0 Å². The molecule has 1 aromatic carbocycles. The van der Waals surface area contributed by atoms with Crippen molar-refractivity contribution < 1.29 is 19.1 Å². The Morgan fingerprint density at radius 3 is 2.55 bits per heavy atom. The Kier molecular flexibility index (Phi) is 6.77. The van der Waals surface area contributed by atoms with Gasteiger partial charge in [-0.25, -0.2) is 0 Å². The minimum atomic E-state index is -0.771. The lowest BCUT2D eigenvalue weighted by atomic mass is 9.84. The summed E-state index contributed by atoms with van der Waals surface area (Å²) < 4.78 is 5.40. The van der Waals surface area contributed by atoms with Gasteiger partial charge in [0.25, 0.3) is 0 Å². The maximum atomic E-state index is 12.9. The molecule has 3 atom stereocenters. The average Bonchev–Trinajstić information content (AvgIpc) is 2.69. The van der Waals surface area contributed by atoms with Gasteiger partial charge in [0.2, 0.25) is 17.7 Å². The zero-order chi connectivity index (χ0) is 21.0. The van der Waals surface area contributed by atoms with Gasteiger partial charge in [-0.15, -0.1) is 0 Å². The number of anilines is 1. The lowest BCUT2D eigenvalue weighted by molar-refractivity contribution is -0.154. The van der Waals surface area contributed by atoms with Crippen molar-refractivity contribution in [1.29, 1.82) is 0 Å². The van der Waals surface area contributed by atoms with Crippen molar-refractivity contribution in [2.45, 2.75) is 71.0 Å². The standard InChI is InChI=1S/C22H31N3O4/c1-4-29-16-11-9-15(10-12-16)23-20(26)13-19-21(27)24-17-7-5-6-8-18(17)25(19)22(28)14(2)3/h9-12,14,17-19H,4-8,13H2,1-3H3,(H,23,26)(H,24,27)/t17-,18-,19-/m0/s1. The minimum absolute atomic E-state index is 0.00984. The van der Waals surface area contributed by atoms with E-state index in [4.69, 9.17) is 4.74 Å². The molecule has 3 rings (SSSR count). The van der Waals surface area contributed by atoms with E-state index in [-0.39, 0.29) is 42.1 Å². The number of fused-ring (bicyclic) bond motifs is 1. The first-order valence-corrected chi connectivity index (χ1v) is 10.6. The summed E-state index contributed by atoms with van der Waals surface area (Å²) >= 11 is 0. The van der Waals surface area contributed by atoms with Gasteiger partial charge in [-0.2, -0.15) is 0 Å². The van der Waals surface area contributed by atoms with Crippen LogP contribution in [0.2, 0.25) is 0 Å². The maximum absolute atomic E-state index is 12.9. The van der Waals surface area contributed by atoms with Crippen LogP contribution in [0.5, 0.6) is 5.75 Å². The fourth-order valence-corrected chi connectivity index (χ4v) is 4.24. The Hall–Kier alpha value is -2.57. The molecular formula is C22H31N3O4. The number of hydrogen-bond acceptors (Lipinski definition) is 4. The van der Waals surface area contributed by atoms with Crippen molar-refractivity contribution >= 4 is 23.4 Å². The molecule has 1 heterocycles. The molecule has 158 valence electrons. The maximum Gasteiger partial charge on any atom is 0.243 e. The smallest absolute Gasteiger partial charge is 0.243 e. The van der Waals surface area contributed by atoms with E-state index >= 15 is 0 Å². The van der Waals surface area contributed by atoms with Crippen LogP contribution in [0.4, 0.5) is 5.69 Å². The molecule has 0 bridgehead atoms. The second kappa shape index (κ2) is 9.29. The van der Waals surface area contributed by atoms with Gasteiger partial charge in [-0.1, -0.05) is 26.7 Å². The van der Waals surface area contributed by atoms with E-state index < -0.39 is 6.04 Å². The van der Waals surface area contributed by atoms with Gasteiger partial charge >= 0.3 is 0 Å². The summed E-state index contributed by atoms with van der Waals surface area (Å²) in [6.07, 6.45) is 3.77. The summed E-state index contributed by atoms with van der Waals surface area (Å²) in [4.78, 5) is 40.1. The van der Waals surface area contributed by atoms with E-state index in [1.807, 2.05) is 20.8 Å². The van der Waals surface area contributed by atoms with Gasteiger partial charge in [-0.3, -0.25) is 14.4 Å². The lowest BCUT2D eigenvalue weighted by Crippen LogP contribution is -2.68. The van der Waals surface area contributed by atoms with Crippen molar-refractivity contribution in [2.24, 2.45) is 5.92 Å². The SMILES string of the molecule is CCOc1ccc(NC(=O)C[C@H]2C(=O)N[C@H]3CCCC[C@@H]3N2C(=O)C(C)C)cc1. The molecule has 0 spiro atoms. The van der Waals surface area contributed by atoms with Crippen LogP contribution < -0.4 is 15.4 Å². The van der Waals surface area contributed by atoms with Gasteiger partial charge in [0.05, 0.1) is 19.1 Å². The number of carbonyl (C=O) groups excluding carboxylic acids is 3. The largest absolute Gasteiger partial charge is 0.494 e. The van der Waals surface area contributed by atoms with Crippen molar-refractivity contribution in [3.8, 4) is 5.75 Å². The van der Waals surface area contributed by atoms with Crippen molar-refractivity contribution in [2.75, 3.05) is 11.9 Å². The summed E-state index contributed by atoms with van der Waals surface area (Å²) in [5, 5.41) is 5.88. The van der Waals surface area contributed by atoms with E-state index in [9.17, 15) is 14.4 Å². The van der Waals surface area contributed by atoms with Crippen LogP contribution in [-0.4, -0.2) is 47.4 Å². The molecule has 1 aliphatic carbocycles. The van der Waals surface area contributed by atoms with Crippen molar-refractivity contribution in [3.05, 3.63) is 24.3 Å². The molecule has 1 aromatic rings. The molecule has 1 saturated carbocycles. The molecule has 7 heteroatoms. The Labute approximate surface area is 172 Å². The molecular weight excluding hydrogens is 370 g/mol. The topological polar surface area (TPSA) is 87.7 Å². The van der Waals surface area contributed by atoms with Gasteiger partial charge in [0.1, 0.15) is 11.8 Å². The Bertz CT molecular complexity index is 747. The van der Waals surface area contributed by atoms with Gasteiger partial charge in [0, 0.05) is 17.6 Å². The number of ether oxygens (including phenoxy) is 1. The number of benzene rings is 1. The fraction of sp³-hybridized carbons (Fsp3) is 0.591. The predicted octanol–water partition coefficient (Wildman–Crippen LogP) is 2.71. The normalized spacial score (nSPS) is 23.9. The molecule has 0 radical (unpaired) electrons. The number of nitrogens with zero attached hydrogens (tertiary/aromatic N) is 1. The number of piperazine rings is 1. The van der Waals surface area contributed by atoms with Crippen LogP contribution in [0.25, 0.3) is 0 Å². The Balaban J connectivity index is 1.72. The Morgan fingerprint density at radius 1 is 1.21 bits per heavy atom. The van der Waals surface area contributed by atoms with E-state index in [0.717, 1.165) is 31.4 Å². The van der Waals surface area contributed by atoms with E-state index in [1.165, 1.54) is 0 Å². The molecule has 0 aromatic heterocycles. The second-order valence-electron chi connectivity index (χ2n) is 8.09. The number of nitrogens with one attached hydrogen (secondary N) is 2. The quantitative estimate of drug-likeness (QED) is 0.767. The molecule has 1 aliphatic heterocycles.